The third-order valence-corrected chi connectivity index (χ3v) is 1.83. The molecule has 1 aromatic rings. The molecule has 0 aliphatic heterocycles. The fourth-order valence-corrected chi connectivity index (χ4v) is 1.06. The van der Waals surface area contributed by atoms with Gasteiger partial charge in [0.2, 0.25) is 0 Å². The van der Waals surface area contributed by atoms with Gasteiger partial charge >= 0.3 is 0 Å². The van der Waals surface area contributed by atoms with Crippen LogP contribution in [-0.4, -0.2) is 21.6 Å². The molecule has 4 nitrogen and oxygen atoms in total. The molecule has 0 atom stereocenters. The van der Waals surface area contributed by atoms with Gasteiger partial charge in [-0.1, -0.05) is 13.8 Å². The molecule has 1 aromatic heterocycles. The number of hydrogen-bond donors (Lipinski definition) is 2. The van der Waals surface area contributed by atoms with Crippen molar-refractivity contribution in [3.8, 4) is 0 Å². The fraction of sp³-hybridized carbons (Fsp3) is 0.600. The van der Waals surface area contributed by atoms with Gasteiger partial charge in [-0.05, 0) is 12.8 Å². The number of anilines is 1. The lowest BCUT2D eigenvalue weighted by Gasteiger charge is -2.11. The largest absolute Gasteiger partial charge is 0.391 e. The maximum absolute atomic E-state index is 9.05. The maximum atomic E-state index is 9.05. The molecule has 0 aliphatic carbocycles. The summed E-state index contributed by atoms with van der Waals surface area (Å²) in [5.74, 6) is 2.01. The number of aryl methyl sites for hydroxylation is 1. The number of nitrogens with one attached hydrogen (secondary N) is 1. The summed E-state index contributed by atoms with van der Waals surface area (Å²) >= 11 is 0. The molecule has 1 rings (SSSR count). The van der Waals surface area contributed by atoms with Crippen molar-refractivity contribution in [2.24, 2.45) is 5.92 Å². The monoisotopic (exact) mass is 195 g/mol. The number of nitrogens with zero attached hydrogens (tertiary/aromatic N) is 2. The van der Waals surface area contributed by atoms with E-state index in [4.69, 9.17) is 5.11 Å². The van der Waals surface area contributed by atoms with Gasteiger partial charge in [-0.2, -0.15) is 0 Å². The highest BCUT2D eigenvalue weighted by atomic mass is 16.3. The highest BCUT2D eigenvalue weighted by molar-refractivity contribution is 5.42. The van der Waals surface area contributed by atoms with Crippen molar-refractivity contribution in [3.63, 3.8) is 0 Å². The van der Waals surface area contributed by atoms with Gasteiger partial charge in [-0.15, -0.1) is 0 Å². The lowest BCUT2D eigenvalue weighted by molar-refractivity contribution is 0.281. The molecule has 4 heteroatoms. The summed E-state index contributed by atoms with van der Waals surface area (Å²) in [7, 11) is 0. The first kappa shape index (κ1) is 10.9. The van der Waals surface area contributed by atoms with E-state index in [1.54, 1.807) is 6.20 Å². The molecule has 1 heterocycles. The average molecular weight is 195 g/mol. The van der Waals surface area contributed by atoms with E-state index in [2.05, 4.69) is 29.1 Å². The Bertz CT molecular complexity index is 299. The Balaban J connectivity index is 2.77. The van der Waals surface area contributed by atoms with Crippen molar-refractivity contribution in [1.29, 1.82) is 0 Å². The van der Waals surface area contributed by atoms with E-state index >= 15 is 0 Å². The van der Waals surface area contributed by atoms with E-state index in [1.807, 2.05) is 6.92 Å². The number of hydrogen-bond acceptors (Lipinski definition) is 4. The fourth-order valence-electron chi connectivity index (χ4n) is 1.06. The van der Waals surface area contributed by atoms with Gasteiger partial charge in [0.15, 0.2) is 0 Å². The minimum atomic E-state index is -0.0271. The standard InChI is InChI=1S/C10H17N3O/c1-7(2)4-12-10-9(6-14)5-11-8(3)13-10/h5,7,14H,4,6H2,1-3H3,(H,11,12,13). The summed E-state index contributed by atoms with van der Waals surface area (Å²) in [5.41, 5.74) is 0.747. The predicted molar refractivity (Wildman–Crippen MR) is 56.0 cm³/mol. The second-order valence-corrected chi connectivity index (χ2v) is 3.72. The number of aliphatic hydroxyl groups excluding tert-OH is 1. The molecule has 0 amide bonds. The van der Waals surface area contributed by atoms with Crippen LogP contribution >= 0.6 is 0 Å². The highest BCUT2D eigenvalue weighted by Gasteiger charge is 2.04. The molecule has 78 valence electrons. The molecule has 0 spiro atoms. The van der Waals surface area contributed by atoms with Gasteiger partial charge in [0.25, 0.3) is 0 Å². The summed E-state index contributed by atoms with van der Waals surface area (Å²) in [6.07, 6.45) is 1.66. The zero-order chi connectivity index (χ0) is 10.6. The average Bonchev–Trinajstić information content (AvgIpc) is 2.15. The normalized spacial score (nSPS) is 10.6. The number of rotatable bonds is 4. The smallest absolute Gasteiger partial charge is 0.135 e. The third-order valence-electron chi connectivity index (χ3n) is 1.83. The molecule has 0 radical (unpaired) electrons. The molecule has 14 heavy (non-hydrogen) atoms. The molecule has 0 saturated heterocycles. The SMILES string of the molecule is Cc1ncc(CO)c(NCC(C)C)n1. The molecule has 0 aliphatic rings. The van der Waals surface area contributed by atoms with E-state index in [1.165, 1.54) is 0 Å². The minimum Gasteiger partial charge on any atom is -0.391 e. The Morgan fingerprint density at radius 3 is 2.79 bits per heavy atom. The predicted octanol–water partition coefficient (Wildman–Crippen LogP) is 1.35. The Kier molecular flexibility index (Phi) is 3.83. The molecule has 0 bridgehead atoms. The van der Waals surface area contributed by atoms with E-state index in [-0.39, 0.29) is 6.61 Å². The summed E-state index contributed by atoms with van der Waals surface area (Å²) in [4.78, 5) is 8.26. The zero-order valence-electron chi connectivity index (χ0n) is 8.91. The van der Waals surface area contributed by atoms with Crippen LogP contribution < -0.4 is 5.32 Å². The second-order valence-electron chi connectivity index (χ2n) is 3.72. The first-order chi connectivity index (χ1) is 6.63. The third kappa shape index (κ3) is 2.96. The van der Waals surface area contributed by atoms with Crippen LogP contribution in [-0.2, 0) is 6.61 Å². The Morgan fingerprint density at radius 1 is 1.50 bits per heavy atom. The van der Waals surface area contributed by atoms with Crippen LogP contribution in [0.15, 0.2) is 6.20 Å². The van der Waals surface area contributed by atoms with Crippen LogP contribution in [0.1, 0.15) is 25.2 Å². The lowest BCUT2D eigenvalue weighted by atomic mass is 10.2. The number of aliphatic hydroxyl groups is 1. The lowest BCUT2D eigenvalue weighted by Crippen LogP contribution is -2.12. The first-order valence-corrected chi connectivity index (χ1v) is 4.80. The highest BCUT2D eigenvalue weighted by Crippen LogP contribution is 2.11. The molecular weight excluding hydrogens is 178 g/mol. The quantitative estimate of drug-likeness (QED) is 0.761. The minimum absolute atomic E-state index is 0.0271. The topological polar surface area (TPSA) is 58.0 Å². The van der Waals surface area contributed by atoms with Crippen molar-refractivity contribution in [2.75, 3.05) is 11.9 Å². The van der Waals surface area contributed by atoms with Crippen molar-refractivity contribution < 1.29 is 5.11 Å². The van der Waals surface area contributed by atoms with Crippen LogP contribution in [0, 0.1) is 12.8 Å². The summed E-state index contributed by atoms with van der Waals surface area (Å²) in [5, 5.41) is 12.2. The van der Waals surface area contributed by atoms with Crippen LogP contribution in [0.4, 0.5) is 5.82 Å². The van der Waals surface area contributed by atoms with Crippen LogP contribution in [0.25, 0.3) is 0 Å². The van der Waals surface area contributed by atoms with Gasteiger partial charge in [0.1, 0.15) is 11.6 Å². The summed E-state index contributed by atoms with van der Waals surface area (Å²) in [6, 6.07) is 0. The zero-order valence-corrected chi connectivity index (χ0v) is 8.91. The molecule has 0 unspecified atom stereocenters. The molecule has 0 aromatic carbocycles. The first-order valence-electron chi connectivity index (χ1n) is 4.80. The Labute approximate surface area is 84.4 Å². The van der Waals surface area contributed by atoms with Crippen molar-refractivity contribution >= 4 is 5.82 Å². The van der Waals surface area contributed by atoms with Crippen LogP contribution in [0.2, 0.25) is 0 Å². The molecule has 2 N–H and O–H groups in total. The van der Waals surface area contributed by atoms with Crippen molar-refractivity contribution in [3.05, 3.63) is 17.6 Å². The maximum Gasteiger partial charge on any atom is 0.135 e. The number of aromatic nitrogens is 2. The van der Waals surface area contributed by atoms with Crippen LogP contribution in [0.5, 0.6) is 0 Å². The van der Waals surface area contributed by atoms with Crippen molar-refractivity contribution in [1.82, 2.24) is 9.97 Å². The van der Waals surface area contributed by atoms with Gasteiger partial charge < -0.3 is 10.4 Å². The van der Waals surface area contributed by atoms with E-state index < -0.39 is 0 Å². The van der Waals surface area contributed by atoms with Crippen molar-refractivity contribution in [2.45, 2.75) is 27.4 Å². The Hall–Kier alpha value is -1.16. The summed E-state index contributed by atoms with van der Waals surface area (Å²) in [6.45, 7) is 6.91. The van der Waals surface area contributed by atoms with E-state index in [9.17, 15) is 0 Å². The van der Waals surface area contributed by atoms with Gasteiger partial charge in [0.05, 0.1) is 6.61 Å². The summed E-state index contributed by atoms with van der Waals surface area (Å²) < 4.78 is 0. The second kappa shape index (κ2) is 4.91. The molecular formula is C10H17N3O. The Morgan fingerprint density at radius 2 is 2.21 bits per heavy atom. The van der Waals surface area contributed by atoms with Gasteiger partial charge in [0, 0.05) is 18.3 Å². The van der Waals surface area contributed by atoms with Gasteiger partial charge in [-0.3, -0.25) is 0 Å². The van der Waals surface area contributed by atoms with E-state index in [0.717, 1.165) is 17.9 Å². The van der Waals surface area contributed by atoms with Gasteiger partial charge in [-0.25, -0.2) is 9.97 Å². The van der Waals surface area contributed by atoms with E-state index in [0.29, 0.717) is 11.7 Å². The van der Waals surface area contributed by atoms with Crippen LogP contribution in [0.3, 0.4) is 0 Å². The molecule has 0 saturated carbocycles. The molecule has 0 fully saturated rings.